The van der Waals surface area contributed by atoms with E-state index < -0.39 is 0 Å². The lowest BCUT2D eigenvalue weighted by molar-refractivity contribution is 0.742. The fourth-order valence-electron chi connectivity index (χ4n) is 1.92. The molecule has 0 amide bonds. The van der Waals surface area contributed by atoms with Crippen molar-refractivity contribution in [1.82, 2.24) is 10.2 Å². The van der Waals surface area contributed by atoms with E-state index in [1.165, 1.54) is 0 Å². The highest BCUT2D eigenvalue weighted by Crippen LogP contribution is 2.38. The van der Waals surface area contributed by atoms with E-state index in [1.807, 2.05) is 18.2 Å². The first kappa shape index (κ1) is 9.54. The van der Waals surface area contributed by atoms with Gasteiger partial charge >= 0.3 is 0 Å². The second kappa shape index (κ2) is 3.42. The number of anilines is 1. The topological polar surface area (TPSA) is 63.8 Å². The van der Waals surface area contributed by atoms with Gasteiger partial charge in [0.05, 0.1) is 17.4 Å². The number of benzene rings is 1. The normalized spacial score (nSPS) is 17.3. The third-order valence-corrected chi connectivity index (χ3v) is 3.19. The monoisotopic (exact) mass is 214 g/mol. The first-order valence-corrected chi connectivity index (χ1v) is 5.52. The number of nitrogens with one attached hydrogen (secondary N) is 1. The molecule has 0 radical (unpaired) electrons. The number of fused-ring (bicyclic) bond motifs is 1. The zero-order valence-corrected chi connectivity index (χ0v) is 8.98. The van der Waals surface area contributed by atoms with Crippen molar-refractivity contribution >= 4 is 16.6 Å². The van der Waals surface area contributed by atoms with Gasteiger partial charge in [0.2, 0.25) is 0 Å². The average molecular weight is 214 g/mol. The van der Waals surface area contributed by atoms with Crippen LogP contribution in [-0.4, -0.2) is 22.3 Å². The summed E-state index contributed by atoms with van der Waals surface area (Å²) in [7, 11) is 0. The second-order valence-electron chi connectivity index (χ2n) is 4.38. The molecule has 0 aliphatic heterocycles. The molecule has 0 atom stereocenters. The smallest absolute Gasteiger partial charge is 0.0950 e. The Kier molecular flexibility index (Phi) is 2.04. The second-order valence-corrected chi connectivity index (χ2v) is 4.38. The van der Waals surface area contributed by atoms with Gasteiger partial charge in [0.25, 0.3) is 0 Å². The number of hydrogen-bond acceptors (Lipinski definition) is 4. The van der Waals surface area contributed by atoms with E-state index in [4.69, 9.17) is 5.73 Å². The average Bonchev–Trinajstić information content (AvgIpc) is 3.10. The number of rotatable bonds is 3. The Morgan fingerprint density at radius 1 is 1.31 bits per heavy atom. The molecule has 3 rings (SSSR count). The SMILES string of the molecule is NCC1(Nc2cnnc3ccccc23)CC1. The minimum atomic E-state index is 0.103. The van der Waals surface area contributed by atoms with E-state index in [0.717, 1.165) is 29.4 Å². The minimum absolute atomic E-state index is 0.103. The molecule has 4 heteroatoms. The van der Waals surface area contributed by atoms with Crippen molar-refractivity contribution in [2.45, 2.75) is 18.4 Å². The molecule has 4 nitrogen and oxygen atoms in total. The van der Waals surface area contributed by atoms with Crippen molar-refractivity contribution in [3.05, 3.63) is 30.5 Å². The van der Waals surface area contributed by atoms with Crippen LogP contribution in [0.25, 0.3) is 10.9 Å². The molecular weight excluding hydrogens is 200 g/mol. The summed E-state index contributed by atoms with van der Waals surface area (Å²) in [5, 5.41) is 12.7. The van der Waals surface area contributed by atoms with Crippen LogP contribution in [0.1, 0.15) is 12.8 Å². The van der Waals surface area contributed by atoms with Crippen molar-refractivity contribution in [1.29, 1.82) is 0 Å². The standard InChI is InChI=1S/C12H14N4/c13-8-12(5-6-12)15-11-7-14-16-10-4-2-1-3-9(10)11/h1-4,7H,5-6,8,13H2,(H,15,16). The third-order valence-electron chi connectivity index (χ3n) is 3.19. The molecule has 0 unspecified atom stereocenters. The van der Waals surface area contributed by atoms with Crippen LogP contribution in [0.2, 0.25) is 0 Å². The third kappa shape index (κ3) is 1.51. The van der Waals surface area contributed by atoms with Gasteiger partial charge in [0.15, 0.2) is 0 Å². The number of nitrogens with two attached hydrogens (primary N) is 1. The van der Waals surface area contributed by atoms with Crippen LogP contribution < -0.4 is 11.1 Å². The zero-order valence-electron chi connectivity index (χ0n) is 8.98. The fourth-order valence-corrected chi connectivity index (χ4v) is 1.92. The molecule has 82 valence electrons. The van der Waals surface area contributed by atoms with Gasteiger partial charge in [-0.3, -0.25) is 0 Å². The predicted molar refractivity (Wildman–Crippen MR) is 64.2 cm³/mol. The van der Waals surface area contributed by atoms with Crippen molar-refractivity contribution in [2.75, 3.05) is 11.9 Å². The summed E-state index contributed by atoms with van der Waals surface area (Å²) in [6.07, 6.45) is 4.05. The van der Waals surface area contributed by atoms with Gasteiger partial charge in [-0.25, -0.2) is 0 Å². The van der Waals surface area contributed by atoms with E-state index in [2.05, 4.69) is 21.6 Å². The van der Waals surface area contributed by atoms with Crippen LogP contribution in [0.15, 0.2) is 30.5 Å². The Labute approximate surface area is 93.9 Å². The molecule has 1 heterocycles. The summed E-state index contributed by atoms with van der Waals surface area (Å²) in [5.41, 5.74) is 7.82. The molecule has 0 spiro atoms. The van der Waals surface area contributed by atoms with Gasteiger partial charge in [-0.1, -0.05) is 18.2 Å². The number of nitrogens with zero attached hydrogens (tertiary/aromatic N) is 2. The summed E-state index contributed by atoms with van der Waals surface area (Å²) >= 11 is 0. The van der Waals surface area contributed by atoms with Crippen LogP contribution in [0.4, 0.5) is 5.69 Å². The van der Waals surface area contributed by atoms with Crippen LogP contribution in [-0.2, 0) is 0 Å². The van der Waals surface area contributed by atoms with Crippen molar-refractivity contribution in [2.24, 2.45) is 5.73 Å². The first-order chi connectivity index (χ1) is 7.83. The molecular formula is C12H14N4. The Morgan fingerprint density at radius 2 is 2.12 bits per heavy atom. The molecule has 1 aromatic carbocycles. The van der Waals surface area contributed by atoms with Gasteiger partial charge in [0, 0.05) is 17.5 Å². The van der Waals surface area contributed by atoms with E-state index >= 15 is 0 Å². The van der Waals surface area contributed by atoms with Crippen LogP contribution in [0.5, 0.6) is 0 Å². The summed E-state index contributed by atoms with van der Waals surface area (Å²) < 4.78 is 0. The summed E-state index contributed by atoms with van der Waals surface area (Å²) in [6.45, 7) is 0.670. The summed E-state index contributed by atoms with van der Waals surface area (Å²) in [5.74, 6) is 0. The highest BCUT2D eigenvalue weighted by atomic mass is 15.1. The summed E-state index contributed by atoms with van der Waals surface area (Å²) in [4.78, 5) is 0. The van der Waals surface area contributed by atoms with Crippen molar-refractivity contribution in [3.8, 4) is 0 Å². The predicted octanol–water partition coefficient (Wildman–Crippen LogP) is 1.53. The zero-order chi connectivity index (χ0) is 11.0. The lowest BCUT2D eigenvalue weighted by atomic mass is 10.2. The largest absolute Gasteiger partial charge is 0.376 e. The lowest BCUT2D eigenvalue weighted by Gasteiger charge is -2.17. The van der Waals surface area contributed by atoms with Gasteiger partial charge in [0.1, 0.15) is 0 Å². The van der Waals surface area contributed by atoms with Crippen molar-refractivity contribution < 1.29 is 0 Å². The minimum Gasteiger partial charge on any atom is -0.376 e. The first-order valence-electron chi connectivity index (χ1n) is 5.52. The molecule has 1 aliphatic carbocycles. The maximum absolute atomic E-state index is 5.76. The molecule has 1 aliphatic rings. The maximum Gasteiger partial charge on any atom is 0.0950 e. The molecule has 2 aromatic rings. The molecule has 0 bridgehead atoms. The van der Waals surface area contributed by atoms with Crippen molar-refractivity contribution in [3.63, 3.8) is 0 Å². The Bertz CT molecular complexity index is 514. The fraction of sp³-hybridized carbons (Fsp3) is 0.333. The highest BCUT2D eigenvalue weighted by molar-refractivity contribution is 5.90. The van der Waals surface area contributed by atoms with Crippen LogP contribution in [0.3, 0.4) is 0 Å². The van der Waals surface area contributed by atoms with Crippen LogP contribution >= 0.6 is 0 Å². The summed E-state index contributed by atoms with van der Waals surface area (Å²) in [6, 6.07) is 8.00. The lowest BCUT2D eigenvalue weighted by Crippen LogP contribution is -2.30. The van der Waals surface area contributed by atoms with E-state index in [1.54, 1.807) is 6.20 Å². The molecule has 16 heavy (non-hydrogen) atoms. The molecule has 1 aromatic heterocycles. The Balaban J connectivity index is 2.03. The highest BCUT2D eigenvalue weighted by Gasteiger charge is 2.41. The molecule has 1 fully saturated rings. The van der Waals surface area contributed by atoms with E-state index in [9.17, 15) is 0 Å². The van der Waals surface area contributed by atoms with E-state index in [0.29, 0.717) is 6.54 Å². The molecule has 3 N–H and O–H groups in total. The van der Waals surface area contributed by atoms with Gasteiger partial charge in [-0.15, -0.1) is 0 Å². The van der Waals surface area contributed by atoms with Gasteiger partial charge in [-0.2, -0.15) is 10.2 Å². The molecule has 1 saturated carbocycles. The Hall–Kier alpha value is -1.68. The number of hydrogen-bond donors (Lipinski definition) is 2. The van der Waals surface area contributed by atoms with Crippen LogP contribution in [0, 0.1) is 0 Å². The number of aromatic nitrogens is 2. The van der Waals surface area contributed by atoms with Gasteiger partial charge in [-0.05, 0) is 18.9 Å². The van der Waals surface area contributed by atoms with E-state index in [-0.39, 0.29) is 5.54 Å². The quantitative estimate of drug-likeness (QED) is 0.813. The Morgan fingerprint density at radius 3 is 2.88 bits per heavy atom. The molecule has 0 saturated heterocycles. The van der Waals surface area contributed by atoms with Gasteiger partial charge < -0.3 is 11.1 Å². The maximum atomic E-state index is 5.76.